The summed E-state index contributed by atoms with van der Waals surface area (Å²) in [6, 6.07) is 5.89. The molecule has 0 aliphatic heterocycles. The minimum absolute atomic E-state index is 0.179. The zero-order valence-corrected chi connectivity index (χ0v) is 18.0. The molecule has 1 amide bonds. The van der Waals surface area contributed by atoms with E-state index >= 15 is 0 Å². The highest BCUT2D eigenvalue weighted by Gasteiger charge is 2.17. The van der Waals surface area contributed by atoms with Crippen molar-refractivity contribution in [3.05, 3.63) is 46.0 Å². The first kappa shape index (κ1) is 20.3. The van der Waals surface area contributed by atoms with E-state index in [1.807, 2.05) is 4.57 Å². The van der Waals surface area contributed by atoms with E-state index in [1.165, 1.54) is 28.0 Å². The Balaban J connectivity index is 1.73. The lowest BCUT2D eigenvalue weighted by Gasteiger charge is -2.07. The summed E-state index contributed by atoms with van der Waals surface area (Å²) in [5, 5.41) is 25.5. The number of aromatic nitrogens is 3. The molecule has 0 saturated carbocycles. The standard InChI is InChI=1S/C19H19N5OS3/c1-4-6-24-17(14-8-15(12(2)3)27-10-14)22-23-19(24)28-11-16(25)21-18-13(9-20)5-7-26-18/h4-5,7-8,10,12H,1,6,11H2,2-3H3,(H,21,25). The van der Waals surface area contributed by atoms with E-state index in [2.05, 4.69) is 53.5 Å². The molecular formula is C19H19N5OS3. The minimum Gasteiger partial charge on any atom is -0.316 e. The number of rotatable bonds is 8. The number of allylic oxidation sites excluding steroid dienone is 1. The van der Waals surface area contributed by atoms with E-state index < -0.39 is 0 Å². The molecule has 3 aromatic rings. The van der Waals surface area contributed by atoms with E-state index in [0.29, 0.717) is 28.2 Å². The lowest BCUT2D eigenvalue weighted by molar-refractivity contribution is -0.113. The minimum atomic E-state index is -0.184. The van der Waals surface area contributed by atoms with Gasteiger partial charge in [-0.25, -0.2) is 0 Å². The Morgan fingerprint density at radius 3 is 2.96 bits per heavy atom. The van der Waals surface area contributed by atoms with Crippen molar-refractivity contribution < 1.29 is 4.79 Å². The molecule has 0 radical (unpaired) electrons. The zero-order valence-electron chi connectivity index (χ0n) is 15.5. The number of carbonyl (C=O) groups excluding carboxylic acids is 1. The Bertz CT molecular complexity index is 1020. The molecule has 0 spiro atoms. The molecule has 28 heavy (non-hydrogen) atoms. The van der Waals surface area contributed by atoms with Gasteiger partial charge in [0.2, 0.25) is 5.91 Å². The third-order valence-corrected chi connectivity index (χ3v) is 6.88. The maximum absolute atomic E-state index is 12.3. The highest BCUT2D eigenvalue weighted by atomic mass is 32.2. The highest BCUT2D eigenvalue weighted by molar-refractivity contribution is 7.99. The van der Waals surface area contributed by atoms with Crippen LogP contribution in [0.2, 0.25) is 0 Å². The summed E-state index contributed by atoms with van der Waals surface area (Å²) in [6.45, 7) is 8.70. The Morgan fingerprint density at radius 2 is 2.29 bits per heavy atom. The molecule has 0 saturated heterocycles. The molecule has 3 heterocycles. The quantitative estimate of drug-likeness (QED) is 0.403. The van der Waals surface area contributed by atoms with Crippen molar-refractivity contribution in [2.45, 2.75) is 31.5 Å². The largest absolute Gasteiger partial charge is 0.316 e. The van der Waals surface area contributed by atoms with Crippen LogP contribution >= 0.6 is 34.4 Å². The summed E-state index contributed by atoms with van der Waals surface area (Å²) in [6.07, 6.45) is 1.79. The molecule has 9 heteroatoms. The number of thioether (sulfide) groups is 1. The first-order chi connectivity index (χ1) is 13.5. The fourth-order valence-corrected chi connectivity index (χ4v) is 4.87. The number of hydrogen-bond donors (Lipinski definition) is 1. The summed E-state index contributed by atoms with van der Waals surface area (Å²) < 4.78 is 1.96. The molecule has 144 valence electrons. The number of thiophene rings is 2. The maximum atomic E-state index is 12.3. The van der Waals surface area contributed by atoms with Crippen molar-refractivity contribution >= 4 is 45.3 Å². The van der Waals surface area contributed by atoms with Crippen molar-refractivity contribution in [3.8, 4) is 17.5 Å². The SMILES string of the molecule is C=CCn1c(SCC(=O)Nc2sccc2C#N)nnc1-c1csc(C(C)C)c1. The Hall–Kier alpha value is -2.41. The molecule has 0 atom stereocenters. The number of nitrogens with zero attached hydrogens (tertiary/aromatic N) is 4. The van der Waals surface area contributed by atoms with E-state index in [-0.39, 0.29) is 11.7 Å². The van der Waals surface area contributed by atoms with Gasteiger partial charge in [-0.3, -0.25) is 9.36 Å². The number of amides is 1. The topological polar surface area (TPSA) is 83.6 Å². The van der Waals surface area contributed by atoms with Gasteiger partial charge in [-0.15, -0.1) is 39.4 Å². The zero-order chi connectivity index (χ0) is 20.1. The Labute approximate surface area is 175 Å². The average Bonchev–Trinajstić information content (AvgIpc) is 3.39. The molecule has 0 fully saturated rings. The van der Waals surface area contributed by atoms with Crippen LogP contribution < -0.4 is 5.32 Å². The van der Waals surface area contributed by atoms with Crippen molar-refractivity contribution in [1.29, 1.82) is 5.26 Å². The Kier molecular flexibility index (Phi) is 6.67. The normalized spacial score (nSPS) is 10.8. The number of anilines is 1. The van der Waals surface area contributed by atoms with Gasteiger partial charge in [0, 0.05) is 22.4 Å². The monoisotopic (exact) mass is 429 g/mol. The maximum Gasteiger partial charge on any atom is 0.235 e. The van der Waals surface area contributed by atoms with Crippen LogP contribution in [0.1, 0.15) is 30.2 Å². The van der Waals surface area contributed by atoms with Crippen LogP contribution in [-0.2, 0) is 11.3 Å². The summed E-state index contributed by atoms with van der Waals surface area (Å²) in [5.74, 6) is 1.23. The van der Waals surface area contributed by atoms with Gasteiger partial charge in [0.1, 0.15) is 11.1 Å². The number of carbonyl (C=O) groups is 1. The molecule has 0 aromatic carbocycles. The predicted octanol–water partition coefficient (Wildman–Crippen LogP) is 4.98. The van der Waals surface area contributed by atoms with Gasteiger partial charge in [0.15, 0.2) is 11.0 Å². The third kappa shape index (κ3) is 4.52. The van der Waals surface area contributed by atoms with Crippen molar-refractivity contribution in [2.75, 3.05) is 11.1 Å². The number of nitrogens with one attached hydrogen (secondary N) is 1. The van der Waals surface area contributed by atoms with Crippen molar-refractivity contribution in [3.63, 3.8) is 0 Å². The molecule has 0 aliphatic rings. The van der Waals surface area contributed by atoms with Gasteiger partial charge in [-0.2, -0.15) is 5.26 Å². The van der Waals surface area contributed by atoms with Crippen LogP contribution in [0.25, 0.3) is 11.4 Å². The van der Waals surface area contributed by atoms with Gasteiger partial charge in [-0.05, 0) is 23.4 Å². The first-order valence-corrected chi connectivity index (χ1v) is 11.3. The molecule has 0 unspecified atom stereocenters. The van der Waals surface area contributed by atoms with Gasteiger partial charge in [0.25, 0.3) is 0 Å². The second kappa shape index (κ2) is 9.19. The fourth-order valence-electron chi connectivity index (χ4n) is 2.46. The van der Waals surface area contributed by atoms with E-state index in [0.717, 1.165) is 11.4 Å². The lowest BCUT2D eigenvalue weighted by Crippen LogP contribution is -2.14. The molecule has 3 rings (SSSR count). The molecule has 3 aromatic heterocycles. The second-order valence-electron chi connectivity index (χ2n) is 6.21. The smallest absolute Gasteiger partial charge is 0.235 e. The highest BCUT2D eigenvalue weighted by Crippen LogP contribution is 2.31. The summed E-state index contributed by atoms with van der Waals surface area (Å²) in [4.78, 5) is 13.6. The van der Waals surface area contributed by atoms with Gasteiger partial charge in [-0.1, -0.05) is 31.7 Å². The molecular weight excluding hydrogens is 410 g/mol. The van der Waals surface area contributed by atoms with Gasteiger partial charge < -0.3 is 5.32 Å². The second-order valence-corrected chi connectivity index (χ2v) is 9.01. The van der Waals surface area contributed by atoms with Crippen LogP contribution in [0.5, 0.6) is 0 Å². The van der Waals surface area contributed by atoms with E-state index in [4.69, 9.17) is 5.26 Å². The van der Waals surface area contributed by atoms with Crippen LogP contribution in [0.4, 0.5) is 5.00 Å². The van der Waals surface area contributed by atoms with Crippen LogP contribution in [0, 0.1) is 11.3 Å². The first-order valence-electron chi connectivity index (χ1n) is 8.56. The van der Waals surface area contributed by atoms with Gasteiger partial charge in [0.05, 0.1) is 11.3 Å². The van der Waals surface area contributed by atoms with E-state index in [9.17, 15) is 4.79 Å². The van der Waals surface area contributed by atoms with Crippen LogP contribution in [0.3, 0.4) is 0 Å². The third-order valence-electron chi connectivity index (χ3n) is 3.85. The predicted molar refractivity (Wildman–Crippen MR) is 116 cm³/mol. The lowest BCUT2D eigenvalue weighted by atomic mass is 10.1. The van der Waals surface area contributed by atoms with Crippen LogP contribution in [0.15, 0.2) is 40.7 Å². The molecule has 0 bridgehead atoms. The molecule has 6 nitrogen and oxygen atoms in total. The molecule has 0 aliphatic carbocycles. The Morgan fingerprint density at radius 1 is 1.46 bits per heavy atom. The number of hydrogen-bond acceptors (Lipinski definition) is 7. The fraction of sp³-hybridized carbons (Fsp3) is 0.263. The van der Waals surface area contributed by atoms with Crippen molar-refractivity contribution in [2.24, 2.45) is 0 Å². The van der Waals surface area contributed by atoms with Gasteiger partial charge >= 0.3 is 0 Å². The average molecular weight is 430 g/mol. The van der Waals surface area contributed by atoms with Crippen LogP contribution in [-0.4, -0.2) is 26.4 Å². The summed E-state index contributed by atoms with van der Waals surface area (Å²) in [5.41, 5.74) is 1.50. The molecule has 1 N–H and O–H groups in total. The summed E-state index contributed by atoms with van der Waals surface area (Å²) >= 11 is 4.36. The summed E-state index contributed by atoms with van der Waals surface area (Å²) in [7, 11) is 0. The van der Waals surface area contributed by atoms with E-state index in [1.54, 1.807) is 28.9 Å². The number of nitriles is 1. The van der Waals surface area contributed by atoms with Crippen molar-refractivity contribution in [1.82, 2.24) is 14.8 Å².